The molecule has 1 aromatic heterocycles. The Balaban J connectivity index is 2.27. The Hall–Kier alpha value is -1.47. The number of carbonyl (C=O) groups is 1. The third-order valence-electron chi connectivity index (χ3n) is 2.11. The smallest absolute Gasteiger partial charge is 0.248 e. The Morgan fingerprint density at radius 1 is 1.47 bits per heavy atom. The van der Waals surface area contributed by atoms with Gasteiger partial charge in [-0.05, 0) is 6.92 Å². The molecule has 0 aromatic carbocycles. The number of amides is 1. The number of methoxy groups -OCH3 is 1. The van der Waals surface area contributed by atoms with E-state index in [1.54, 1.807) is 14.2 Å². The van der Waals surface area contributed by atoms with Crippen molar-refractivity contribution < 1.29 is 14.3 Å². The van der Waals surface area contributed by atoms with E-state index < -0.39 is 0 Å². The summed E-state index contributed by atoms with van der Waals surface area (Å²) in [5.41, 5.74) is 0. The monoisotopic (exact) mass is 242 g/mol. The summed E-state index contributed by atoms with van der Waals surface area (Å²) in [5.74, 6) is 1.22. The second kappa shape index (κ2) is 6.97. The molecule has 17 heavy (non-hydrogen) atoms. The van der Waals surface area contributed by atoms with Gasteiger partial charge in [-0.1, -0.05) is 0 Å². The van der Waals surface area contributed by atoms with Crippen molar-refractivity contribution in [3.05, 3.63) is 11.6 Å². The van der Waals surface area contributed by atoms with Crippen LogP contribution >= 0.6 is 0 Å². The van der Waals surface area contributed by atoms with E-state index in [-0.39, 0.29) is 12.5 Å². The van der Waals surface area contributed by atoms with E-state index in [0.29, 0.717) is 25.6 Å². The lowest BCUT2D eigenvalue weighted by Gasteiger charge is -2.15. The van der Waals surface area contributed by atoms with Crippen LogP contribution in [0.3, 0.4) is 0 Å². The highest BCUT2D eigenvalue weighted by Crippen LogP contribution is 1.97. The molecule has 0 fully saturated rings. The largest absolute Gasteiger partial charge is 0.382 e. The fourth-order valence-corrected chi connectivity index (χ4v) is 1.17. The Labute approximate surface area is 100 Å². The van der Waals surface area contributed by atoms with Crippen molar-refractivity contribution in [1.29, 1.82) is 0 Å². The number of hydrogen-bond donors (Lipinski definition) is 1. The second-order valence-corrected chi connectivity index (χ2v) is 3.63. The molecular weight excluding hydrogens is 224 g/mol. The number of aromatic amines is 1. The first-order chi connectivity index (χ1) is 8.13. The zero-order chi connectivity index (χ0) is 12.7. The molecule has 0 aliphatic carbocycles. The van der Waals surface area contributed by atoms with Gasteiger partial charge in [0.15, 0.2) is 5.82 Å². The SMILES string of the molecule is COCCOCC(=O)N(C)Cc1n[nH]c(C)n1. The predicted octanol–water partition coefficient (Wildman–Crippen LogP) is -0.265. The van der Waals surface area contributed by atoms with Crippen molar-refractivity contribution in [2.75, 3.05) is 34.0 Å². The van der Waals surface area contributed by atoms with E-state index in [9.17, 15) is 4.79 Å². The molecule has 96 valence electrons. The normalized spacial score (nSPS) is 10.5. The maximum atomic E-state index is 11.6. The van der Waals surface area contributed by atoms with E-state index in [1.807, 2.05) is 6.92 Å². The molecule has 0 radical (unpaired) electrons. The number of aromatic nitrogens is 3. The van der Waals surface area contributed by atoms with Crippen molar-refractivity contribution in [3.63, 3.8) is 0 Å². The molecular formula is C10H18N4O3. The number of rotatable bonds is 7. The maximum absolute atomic E-state index is 11.6. The van der Waals surface area contributed by atoms with Crippen molar-refractivity contribution in [2.45, 2.75) is 13.5 Å². The standard InChI is InChI=1S/C10H18N4O3/c1-8-11-9(13-12-8)6-14(2)10(15)7-17-5-4-16-3/h4-7H2,1-3H3,(H,11,12,13). The molecule has 1 aromatic rings. The molecule has 0 spiro atoms. The van der Waals surface area contributed by atoms with Gasteiger partial charge in [0.25, 0.3) is 0 Å². The minimum atomic E-state index is -0.108. The van der Waals surface area contributed by atoms with Crippen LogP contribution in [0.5, 0.6) is 0 Å². The van der Waals surface area contributed by atoms with Gasteiger partial charge in [-0.2, -0.15) is 5.10 Å². The first-order valence-corrected chi connectivity index (χ1v) is 5.32. The Kier molecular flexibility index (Phi) is 5.58. The zero-order valence-corrected chi connectivity index (χ0v) is 10.4. The molecule has 0 aliphatic heterocycles. The molecule has 0 saturated heterocycles. The van der Waals surface area contributed by atoms with Gasteiger partial charge in [0, 0.05) is 14.2 Å². The third kappa shape index (κ3) is 4.92. The molecule has 0 atom stereocenters. The van der Waals surface area contributed by atoms with Gasteiger partial charge in [-0.25, -0.2) is 4.98 Å². The van der Waals surface area contributed by atoms with Crippen LogP contribution in [0.2, 0.25) is 0 Å². The minimum absolute atomic E-state index is 0.0449. The summed E-state index contributed by atoms with van der Waals surface area (Å²) in [4.78, 5) is 17.3. The highest BCUT2D eigenvalue weighted by Gasteiger charge is 2.11. The fraction of sp³-hybridized carbons (Fsp3) is 0.700. The molecule has 1 rings (SSSR count). The number of aryl methyl sites for hydroxylation is 1. The zero-order valence-electron chi connectivity index (χ0n) is 10.4. The number of nitrogens with one attached hydrogen (secondary N) is 1. The Bertz CT molecular complexity index is 353. The summed E-state index contributed by atoms with van der Waals surface area (Å²) in [5, 5.41) is 6.68. The fourth-order valence-electron chi connectivity index (χ4n) is 1.17. The predicted molar refractivity (Wildman–Crippen MR) is 60.3 cm³/mol. The number of H-pyrrole nitrogens is 1. The molecule has 1 N–H and O–H groups in total. The molecule has 1 heterocycles. The van der Waals surface area contributed by atoms with Crippen LogP contribution in [0, 0.1) is 6.92 Å². The Morgan fingerprint density at radius 2 is 2.24 bits per heavy atom. The van der Waals surface area contributed by atoms with Crippen molar-refractivity contribution in [1.82, 2.24) is 20.1 Å². The summed E-state index contributed by atoms with van der Waals surface area (Å²) in [6.45, 7) is 3.12. The van der Waals surface area contributed by atoms with Crippen molar-refractivity contribution in [3.8, 4) is 0 Å². The number of likely N-dealkylation sites (N-methyl/N-ethyl adjacent to an activating group) is 1. The second-order valence-electron chi connectivity index (χ2n) is 3.63. The topological polar surface area (TPSA) is 80.3 Å². The van der Waals surface area contributed by atoms with Crippen LogP contribution in [0.1, 0.15) is 11.6 Å². The first kappa shape index (κ1) is 13.6. The van der Waals surface area contributed by atoms with Gasteiger partial charge in [0.1, 0.15) is 12.4 Å². The molecule has 0 aliphatic rings. The summed E-state index contributed by atoms with van der Waals surface area (Å²) in [7, 11) is 3.27. The Morgan fingerprint density at radius 3 is 2.82 bits per heavy atom. The van der Waals surface area contributed by atoms with Gasteiger partial charge in [0.2, 0.25) is 5.91 Å². The maximum Gasteiger partial charge on any atom is 0.248 e. The van der Waals surface area contributed by atoms with Crippen molar-refractivity contribution in [2.24, 2.45) is 0 Å². The average molecular weight is 242 g/mol. The summed E-state index contributed by atoms with van der Waals surface area (Å²) in [6, 6.07) is 0. The molecule has 0 saturated carbocycles. The van der Waals surface area contributed by atoms with Gasteiger partial charge in [-0.15, -0.1) is 0 Å². The van der Waals surface area contributed by atoms with E-state index >= 15 is 0 Å². The van der Waals surface area contributed by atoms with Crippen LogP contribution < -0.4 is 0 Å². The highest BCUT2D eigenvalue weighted by atomic mass is 16.5. The van der Waals surface area contributed by atoms with Gasteiger partial charge >= 0.3 is 0 Å². The number of nitrogens with zero attached hydrogens (tertiary/aromatic N) is 3. The molecule has 7 nitrogen and oxygen atoms in total. The van der Waals surface area contributed by atoms with Gasteiger partial charge in [0.05, 0.1) is 19.8 Å². The number of carbonyl (C=O) groups excluding carboxylic acids is 1. The highest BCUT2D eigenvalue weighted by molar-refractivity contribution is 5.77. The summed E-state index contributed by atoms with van der Waals surface area (Å²) < 4.78 is 9.94. The quantitative estimate of drug-likeness (QED) is 0.666. The summed E-state index contributed by atoms with van der Waals surface area (Å²) in [6.07, 6.45) is 0. The van der Waals surface area contributed by atoms with Crippen LogP contribution in [-0.4, -0.2) is 60.0 Å². The lowest BCUT2D eigenvalue weighted by atomic mass is 10.5. The van der Waals surface area contributed by atoms with E-state index in [0.717, 1.165) is 5.82 Å². The van der Waals surface area contributed by atoms with Crippen LogP contribution in [0.25, 0.3) is 0 Å². The van der Waals surface area contributed by atoms with Gasteiger partial charge in [-0.3, -0.25) is 9.89 Å². The third-order valence-corrected chi connectivity index (χ3v) is 2.11. The summed E-state index contributed by atoms with van der Waals surface area (Å²) >= 11 is 0. The van der Waals surface area contributed by atoms with E-state index in [2.05, 4.69) is 15.2 Å². The lowest BCUT2D eigenvalue weighted by Crippen LogP contribution is -2.30. The molecule has 0 unspecified atom stereocenters. The minimum Gasteiger partial charge on any atom is -0.382 e. The van der Waals surface area contributed by atoms with Crippen molar-refractivity contribution >= 4 is 5.91 Å². The van der Waals surface area contributed by atoms with Crippen LogP contribution in [0.15, 0.2) is 0 Å². The van der Waals surface area contributed by atoms with Crippen LogP contribution in [0.4, 0.5) is 0 Å². The molecule has 0 bridgehead atoms. The lowest BCUT2D eigenvalue weighted by molar-refractivity contribution is -0.135. The van der Waals surface area contributed by atoms with Gasteiger partial charge < -0.3 is 14.4 Å². The molecule has 7 heteroatoms. The number of hydrogen-bond acceptors (Lipinski definition) is 5. The van der Waals surface area contributed by atoms with E-state index in [4.69, 9.17) is 9.47 Å². The molecule has 1 amide bonds. The average Bonchev–Trinajstić information content (AvgIpc) is 2.70. The van der Waals surface area contributed by atoms with Crippen LogP contribution in [-0.2, 0) is 20.8 Å². The van der Waals surface area contributed by atoms with E-state index in [1.165, 1.54) is 4.90 Å². The first-order valence-electron chi connectivity index (χ1n) is 5.32. The number of ether oxygens (including phenoxy) is 2.